The number of hydrogen-bond donors (Lipinski definition) is 0. The Bertz CT molecular complexity index is 276. The predicted molar refractivity (Wildman–Crippen MR) is 64.6 cm³/mol. The van der Waals surface area contributed by atoms with Crippen LogP contribution in [0.3, 0.4) is 0 Å². The van der Waals surface area contributed by atoms with Crippen molar-refractivity contribution in [3.63, 3.8) is 0 Å². The average Bonchev–Trinajstić information content (AvgIpc) is 2.58. The van der Waals surface area contributed by atoms with Gasteiger partial charge in [0.2, 0.25) is 0 Å². The van der Waals surface area contributed by atoms with E-state index in [1.54, 1.807) is 12.0 Å². The first kappa shape index (κ1) is 9.93. The zero-order valence-electron chi connectivity index (χ0n) is 10.2. The van der Waals surface area contributed by atoms with Crippen LogP contribution < -0.4 is 0 Å². The van der Waals surface area contributed by atoms with Crippen LogP contribution in [0.4, 0.5) is 0 Å². The standard InChI is InChI=1S/C15H24/c1-10-3-4-12-5-6-13-7-11(2)9-15(13)14(12)8-10/h9-10,12-15H,3-8H2,1-2H3. The second-order valence-corrected chi connectivity index (χ2v) is 6.47. The van der Waals surface area contributed by atoms with Gasteiger partial charge in [-0.3, -0.25) is 0 Å². The van der Waals surface area contributed by atoms with Crippen molar-refractivity contribution >= 4 is 0 Å². The summed E-state index contributed by atoms with van der Waals surface area (Å²) in [7, 11) is 0. The molecule has 0 amide bonds. The fourth-order valence-electron chi connectivity index (χ4n) is 4.60. The molecule has 0 nitrogen and oxygen atoms in total. The molecule has 0 bridgehead atoms. The van der Waals surface area contributed by atoms with E-state index in [0.29, 0.717) is 0 Å². The largest absolute Gasteiger partial charge is 0.0819 e. The first-order chi connectivity index (χ1) is 7.24. The molecule has 0 saturated heterocycles. The summed E-state index contributed by atoms with van der Waals surface area (Å²) < 4.78 is 0. The Morgan fingerprint density at radius 3 is 2.67 bits per heavy atom. The summed E-state index contributed by atoms with van der Waals surface area (Å²) in [5.74, 6) is 5.16. The topological polar surface area (TPSA) is 0 Å². The molecule has 3 aliphatic carbocycles. The fourth-order valence-corrected chi connectivity index (χ4v) is 4.60. The maximum Gasteiger partial charge on any atom is -0.0168 e. The van der Waals surface area contributed by atoms with Gasteiger partial charge < -0.3 is 0 Å². The van der Waals surface area contributed by atoms with Gasteiger partial charge in [-0.2, -0.15) is 0 Å². The van der Waals surface area contributed by atoms with E-state index in [1.165, 1.54) is 32.1 Å². The lowest BCUT2D eigenvalue weighted by molar-refractivity contribution is 0.0685. The summed E-state index contributed by atoms with van der Waals surface area (Å²) in [6, 6.07) is 0. The molecule has 15 heavy (non-hydrogen) atoms. The zero-order valence-corrected chi connectivity index (χ0v) is 10.2. The lowest BCUT2D eigenvalue weighted by Gasteiger charge is -2.44. The minimum absolute atomic E-state index is 0.978. The third kappa shape index (κ3) is 1.66. The first-order valence-electron chi connectivity index (χ1n) is 6.91. The molecule has 0 heterocycles. The lowest BCUT2D eigenvalue weighted by atomic mass is 9.61. The first-order valence-corrected chi connectivity index (χ1v) is 6.91. The minimum Gasteiger partial charge on any atom is -0.0819 e. The minimum atomic E-state index is 0.978. The molecule has 5 atom stereocenters. The van der Waals surface area contributed by atoms with Crippen molar-refractivity contribution in [1.29, 1.82) is 0 Å². The molecule has 0 heteroatoms. The number of rotatable bonds is 0. The molecule has 3 aliphatic rings. The van der Waals surface area contributed by atoms with Gasteiger partial charge in [0.15, 0.2) is 0 Å². The van der Waals surface area contributed by atoms with E-state index < -0.39 is 0 Å². The molecule has 0 spiro atoms. The molecule has 0 radical (unpaired) electrons. The normalized spacial score (nSPS) is 49.5. The third-order valence-corrected chi connectivity index (χ3v) is 5.32. The van der Waals surface area contributed by atoms with Gasteiger partial charge in [0.25, 0.3) is 0 Å². The number of hydrogen-bond acceptors (Lipinski definition) is 0. The van der Waals surface area contributed by atoms with Crippen LogP contribution in [0, 0.1) is 29.6 Å². The summed E-state index contributed by atoms with van der Waals surface area (Å²) in [6.45, 7) is 4.81. The maximum absolute atomic E-state index is 2.64. The van der Waals surface area contributed by atoms with E-state index in [0.717, 1.165) is 29.6 Å². The Balaban J connectivity index is 1.81. The molecular formula is C15H24. The van der Waals surface area contributed by atoms with Gasteiger partial charge in [0.1, 0.15) is 0 Å². The van der Waals surface area contributed by atoms with Gasteiger partial charge in [-0.15, -0.1) is 0 Å². The summed E-state index contributed by atoms with van der Waals surface area (Å²) in [5, 5.41) is 0. The summed E-state index contributed by atoms with van der Waals surface area (Å²) in [5.41, 5.74) is 1.68. The van der Waals surface area contributed by atoms with Crippen molar-refractivity contribution in [3.8, 4) is 0 Å². The second kappa shape index (κ2) is 3.64. The van der Waals surface area contributed by atoms with E-state index in [9.17, 15) is 0 Å². The molecule has 2 saturated carbocycles. The molecular weight excluding hydrogens is 180 g/mol. The highest BCUT2D eigenvalue weighted by Gasteiger charge is 2.42. The monoisotopic (exact) mass is 204 g/mol. The quantitative estimate of drug-likeness (QED) is 0.513. The Kier molecular flexibility index (Phi) is 2.41. The molecule has 0 N–H and O–H groups in total. The predicted octanol–water partition coefficient (Wildman–Crippen LogP) is 4.42. The van der Waals surface area contributed by atoms with Crippen LogP contribution in [-0.2, 0) is 0 Å². The van der Waals surface area contributed by atoms with Gasteiger partial charge in [-0.05, 0) is 68.6 Å². The Hall–Kier alpha value is -0.260. The smallest absolute Gasteiger partial charge is 0.0168 e. The molecule has 0 aromatic carbocycles. The molecule has 0 aliphatic heterocycles. The van der Waals surface area contributed by atoms with E-state index in [4.69, 9.17) is 0 Å². The van der Waals surface area contributed by atoms with Crippen molar-refractivity contribution in [1.82, 2.24) is 0 Å². The Morgan fingerprint density at radius 1 is 1.07 bits per heavy atom. The van der Waals surface area contributed by atoms with Crippen LogP contribution >= 0.6 is 0 Å². The van der Waals surface area contributed by atoms with Crippen molar-refractivity contribution < 1.29 is 0 Å². The zero-order chi connectivity index (χ0) is 10.4. The maximum atomic E-state index is 2.64. The third-order valence-electron chi connectivity index (χ3n) is 5.32. The van der Waals surface area contributed by atoms with Gasteiger partial charge in [0.05, 0.1) is 0 Å². The summed E-state index contributed by atoms with van der Waals surface area (Å²) in [6.07, 6.45) is 11.7. The molecule has 5 unspecified atom stereocenters. The molecule has 0 aromatic rings. The van der Waals surface area contributed by atoms with E-state index in [2.05, 4.69) is 19.9 Å². The van der Waals surface area contributed by atoms with Crippen molar-refractivity contribution in [2.75, 3.05) is 0 Å². The fraction of sp³-hybridized carbons (Fsp3) is 0.867. The van der Waals surface area contributed by atoms with Crippen LogP contribution in [0.2, 0.25) is 0 Å². The number of fused-ring (bicyclic) bond motifs is 3. The molecule has 84 valence electrons. The highest BCUT2D eigenvalue weighted by Crippen LogP contribution is 2.52. The SMILES string of the molecule is CC1=CC2C(CCC3CCC(C)CC32)C1. The number of allylic oxidation sites excluding steroid dienone is 2. The van der Waals surface area contributed by atoms with Crippen molar-refractivity contribution in [2.45, 2.75) is 52.4 Å². The summed E-state index contributed by atoms with van der Waals surface area (Å²) in [4.78, 5) is 0. The molecule has 2 fully saturated rings. The average molecular weight is 204 g/mol. The second-order valence-electron chi connectivity index (χ2n) is 6.47. The van der Waals surface area contributed by atoms with E-state index >= 15 is 0 Å². The van der Waals surface area contributed by atoms with Gasteiger partial charge >= 0.3 is 0 Å². The van der Waals surface area contributed by atoms with Crippen LogP contribution in [0.5, 0.6) is 0 Å². The van der Waals surface area contributed by atoms with E-state index in [-0.39, 0.29) is 0 Å². The van der Waals surface area contributed by atoms with Crippen LogP contribution in [0.25, 0.3) is 0 Å². The lowest BCUT2D eigenvalue weighted by Crippen LogP contribution is -2.35. The van der Waals surface area contributed by atoms with Crippen molar-refractivity contribution in [2.24, 2.45) is 29.6 Å². The summed E-state index contributed by atoms with van der Waals surface area (Å²) >= 11 is 0. The Labute approximate surface area is 94.1 Å². The van der Waals surface area contributed by atoms with Gasteiger partial charge in [-0.1, -0.05) is 25.0 Å². The molecule has 0 aromatic heterocycles. The van der Waals surface area contributed by atoms with Crippen molar-refractivity contribution in [3.05, 3.63) is 11.6 Å². The van der Waals surface area contributed by atoms with Gasteiger partial charge in [0, 0.05) is 0 Å². The van der Waals surface area contributed by atoms with Crippen LogP contribution in [-0.4, -0.2) is 0 Å². The molecule has 3 rings (SSSR count). The van der Waals surface area contributed by atoms with E-state index in [1.807, 2.05) is 0 Å². The highest BCUT2D eigenvalue weighted by molar-refractivity contribution is 5.15. The highest BCUT2D eigenvalue weighted by atomic mass is 14.5. The Morgan fingerprint density at radius 2 is 1.80 bits per heavy atom. The van der Waals surface area contributed by atoms with Crippen LogP contribution in [0.15, 0.2) is 11.6 Å². The van der Waals surface area contributed by atoms with Crippen LogP contribution in [0.1, 0.15) is 52.4 Å². The van der Waals surface area contributed by atoms with Gasteiger partial charge in [-0.25, -0.2) is 0 Å².